The van der Waals surface area contributed by atoms with E-state index in [1.807, 2.05) is 30.5 Å². The number of sulfonamides is 1. The Bertz CT molecular complexity index is 1560. The van der Waals surface area contributed by atoms with Crippen LogP contribution in [0, 0.1) is 11.3 Å². The molecule has 0 saturated carbocycles. The number of piperazine rings is 1. The van der Waals surface area contributed by atoms with Gasteiger partial charge in [0.15, 0.2) is 0 Å². The van der Waals surface area contributed by atoms with E-state index in [0.717, 1.165) is 55.8 Å². The Labute approximate surface area is 217 Å². The summed E-state index contributed by atoms with van der Waals surface area (Å²) in [5.41, 5.74) is 4.66. The molecule has 2 aliphatic heterocycles. The quantitative estimate of drug-likeness (QED) is 0.430. The highest BCUT2D eigenvalue weighted by atomic mass is 32.2. The van der Waals surface area contributed by atoms with Crippen LogP contribution in [-0.4, -0.2) is 57.1 Å². The van der Waals surface area contributed by atoms with Crippen molar-refractivity contribution in [3.8, 4) is 6.07 Å². The van der Waals surface area contributed by atoms with Crippen LogP contribution in [0.15, 0.2) is 83.9 Å². The van der Waals surface area contributed by atoms with Crippen LogP contribution in [0.4, 0.5) is 11.4 Å². The largest absolute Gasteiger partial charge is 0.368 e. The number of aryl methyl sites for hydroxylation is 1. The zero-order chi connectivity index (χ0) is 25.4. The molecule has 1 N–H and O–H groups in total. The van der Waals surface area contributed by atoms with Gasteiger partial charge in [-0.3, -0.25) is 9.21 Å². The number of anilines is 2. The number of H-pyrrole nitrogens is 1. The molecule has 3 heterocycles. The van der Waals surface area contributed by atoms with Gasteiger partial charge in [0.25, 0.3) is 10.0 Å². The van der Waals surface area contributed by atoms with Gasteiger partial charge in [-0.15, -0.1) is 0 Å². The van der Waals surface area contributed by atoms with Crippen LogP contribution in [0.2, 0.25) is 0 Å². The van der Waals surface area contributed by atoms with E-state index in [1.54, 1.807) is 28.6 Å². The van der Waals surface area contributed by atoms with Crippen molar-refractivity contribution in [3.63, 3.8) is 0 Å². The molecule has 7 nitrogen and oxygen atoms in total. The van der Waals surface area contributed by atoms with Gasteiger partial charge in [-0.05, 0) is 66.9 Å². The molecule has 1 aromatic heterocycles. The Morgan fingerprint density at radius 3 is 2.43 bits per heavy atom. The molecule has 4 aromatic rings. The van der Waals surface area contributed by atoms with Crippen molar-refractivity contribution in [2.45, 2.75) is 23.8 Å². The topological polar surface area (TPSA) is 83.4 Å². The molecule has 0 bridgehead atoms. The summed E-state index contributed by atoms with van der Waals surface area (Å²) in [5.74, 6) is 0. The van der Waals surface area contributed by atoms with E-state index in [-0.39, 0.29) is 10.9 Å². The molecule has 0 radical (unpaired) electrons. The van der Waals surface area contributed by atoms with E-state index in [9.17, 15) is 8.42 Å². The average molecular weight is 512 g/mol. The molecular weight excluding hydrogens is 482 g/mol. The third-order valence-corrected chi connectivity index (χ3v) is 9.48. The Morgan fingerprint density at radius 1 is 0.892 bits per heavy atom. The Morgan fingerprint density at radius 2 is 1.65 bits per heavy atom. The SMILES string of the molecule is N#Cc1ccc(S(=O)(=O)N2c3ccccc3CCC2CN2CCN(c3cccc4[nH]ccc34)CC2)cc1. The van der Waals surface area contributed by atoms with Gasteiger partial charge in [-0.1, -0.05) is 24.3 Å². The van der Waals surface area contributed by atoms with Crippen LogP contribution in [0.1, 0.15) is 17.5 Å². The molecular formula is C29H29N5O2S. The summed E-state index contributed by atoms with van der Waals surface area (Å²) in [4.78, 5) is 8.33. The Kier molecular flexibility index (Phi) is 6.11. The number of hydrogen-bond acceptors (Lipinski definition) is 5. The molecule has 2 aliphatic rings. The molecule has 0 spiro atoms. The molecule has 188 valence electrons. The fraction of sp³-hybridized carbons (Fsp3) is 0.276. The maximum atomic E-state index is 14.0. The summed E-state index contributed by atoms with van der Waals surface area (Å²) in [5, 5.41) is 10.4. The van der Waals surface area contributed by atoms with Crippen LogP contribution in [0.5, 0.6) is 0 Å². The number of hydrogen-bond donors (Lipinski definition) is 1. The molecule has 1 atom stereocenters. The van der Waals surface area contributed by atoms with Crippen molar-refractivity contribution < 1.29 is 8.42 Å². The number of nitrogens with zero attached hydrogens (tertiary/aromatic N) is 4. The predicted octanol–water partition coefficient (Wildman–Crippen LogP) is 4.37. The second-order valence-electron chi connectivity index (χ2n) is 9.76. The monoisotopic (exact) mass is 511 g/mol. The molecule has 1 saturated heterocycles. The lowest BCUT2D eigenvalue weighted by Gasteiger charge is -2.42. The maximum absolute atomic E-state index is 14.0. The number of nitrogens with one attached hydrogen (secondary N) is 1. The highest BCUT2D eigenvalue weighted by Gasteiger charge is 2.37. The van der Waals surface area contributed by atoms with E-state index in [0.29, 0.717) is 12.1 Å². The minimum Gasteiger partial charge on any atom is -0.368 e. The van der Waals surface area contributed by atoms with Crippen molar-refractivity contribution >= 4 is 32.3 Å². The van der Waals surface area contributed by atoms with Crippen LogP contribution >= 0.6 is 0 Å². The minimum absolute atomic E-state index is 0.157. The zero-order valence-electron chi connectivity index (χ0n) is 20.5. The second-order valence-corrected chi connectivity index (χ2v) is 11.6. The molecule has 1 fully saturated rings. The summed E-state index contributed by atoms with van der Waals surface area (Å²) in [7, 11) is -3.79. The van der Waals surface area contributed by atoms with E-state index in [1.165, 1.54) is 11.1 Å². The fourth-order valence-electron chi connectivity index (χ4n) is 5.69. The van der Waals surface area contributed by atoms with Gasteiger partial charge >= 0.3 is 0 Å². The number of rotatable bonds is 5. The molecule has 0 aliphatic carbocycles. The lowest BCUT2D eigenvalue weighted by Crippen LogP contribution is -2.54. The van der Waals surface area contributed by atoms with E-state index >= 15 is 0 Å². The number of aromatic amines is 1. The molecule has 6 rings (SSSR count). The van der Waals surface area contributed by atoms with Crippen LogP contribution < -0.4 is 9.21 Å². The van der Waals surface area contributed by atoms with Crippen molar-refractivity contribution in [2.75, 3.05) is 41.9 Å². The highest BCUT2D eigenvalue weighted by molar-refractivity contribution is 7.92. The van der Waals surface area contributed by atoms with Crippen LogP contribution in [0.25, 0.3) is 10.9 Å². The molecule has 3 aromatic carbocycles. The Hall–Kier alpha value is -3.80. The number of benzene rings is 3. The van der Waals surface area contributed by atoms with Crippen LogP contribution in [-0.2, 0) is 16.4 Å². The van der Waals surface area contributed by atoms with Gasteiger partial charge in [0, 0.05) is 55.5 Å². The van der Waals surface area contributed by atoms with Gasteiger partial charge < -0.3 is 9.88 Å². The molecule has 0 amide bonds. The predicted molar refractivity (Wildman–Crippen MR) is 146 cm³/mol. The molecule has 8 heteroatoms. The first-order valence-electron chi connectivity index (χ1n) is 12.7. The number of aromatic nitrogens is 1. The lowest BCUT2D eigenvalue weighted by molar-refractivity contribution is 0.238. The lowest BCUT2D eigenvalue weighted by atomic mass is 9.97. The number of para-hydroxylation sites is 1. The Balaban J connectivity index is 1.24. The summed E-state index contributed by atoms with van der Waals surface area (Å²) in [6, 6.07) is 24.4. The molecule has 37 heavy (non-hydrogen) atoms. The van der Waals surface area contributed by atoms with Crippen molar-refractivity contribution in [1.82, 2.24) is 9.88 Å². The van der Waals surface area contributed by atoms with E-state index < -0.39 is 10.0 Å². The molecule has 1 unspecified atom stereocenters. The average Bonchev–Trinajstić information content (AvgIpc) is 3.42. The second kappa shape index (κ2) is 9.58. The van der Waals surface area contributed by atoms with Crippen molar-refractivity contribution in [3.05, 3.63) is 90.1 Å². The van der Waals surface area contributed by atoms with Gasteiger partial charge in [0.1, 0.15) is 0 Å². The highest BCUT2D eigenvalue weighted by Crippen LogP contribution is 2.36. The van der Waals surface area contributed by atoms with Gasteiger partial charge in [0.05, 0.1) is 28.3 Å². The van der Waals surface area contributed by atoms with Gasteiger partial charge in [0.2, 0.25) is 0 Å². The normalized spacial score (nSPS) is 18.5. The summed E-state index contributed by atoms with van der Waals surface area (Å²) in [6.07, 6.45) is 3.61. The van der Waals surface area contributed by atoms with Gasteiger partial charge in [-0.25, -0.2) is 8.42 Å². The smallest absolute Gasteiger partial charge is 0.264 e. The first-order chi connectivity index (χ1) is 18.0. The summed E-state index contributed by atoms with van der Waals surface area (Å²) >= 11 is 0. The third kappa shape index (κ3) is 4.35. The van der Waals surface area contributed by atoms with Gasteiger partial charge in [-0.2, -0.15) is 5.26 Å². The standard InChI is InChI=1S/C29H29N5O2S/c30-20-22-8-12-25(13-9-22)37(35,36)34-24(11-10-23-4-1-2-6-28(23)34)21-32-16-18-33(19-17-32)29-7-3-5-27-26(29)14-15-31-27/h1-9,12-15,24,31H,10-11,16-19,21H2. The third-order valence-electron chi connectivity index (χ3n) is 7.60. The van der Waals surface area contributed by atoms with Crippen molar-refractivity contribution in [1.29, 1.82) is 5.26 Å². The van der Waals surface area contributed by atoms with Crippen LogP contribution in [0.3, 0.4) is 0 Å². The first-order valence-corrected chi connectivity index (χ1v) is 14.1. The minimum atomic E-state index is -3.79. The number of fused-ring (bicyclic) bond motifs is 2. The van der Waals surface area contributed by atoms with E-state index in [2.05, 4.69) is 45.1 Å². The summed E-state index contributed by atoms with van der Waals surface area (Å²) < 4.78 is 29.5. The summed E-state index contributed by atoms with van der Waals surface area (Å²) in [6.45, 7) is 4.24. The van der Waals surface area contributed by atoms with Crippen molar-refractivity contribution in [2.24, 2.45) is 0 Å². The first kappa shape index (κ1) is 23.6. The zero-order valence-corrected chi connectivity index (χ0v) is 21.4. The maximum Gasteiger partial charge on any atom is 0.264 e. The van der Waals surface area contributed by atoms with E-state index in [4.69, 9.17) is 5.26 Å². The fourth-order valence-corrected chi connectivity index (χ4v) is 7.40. The number of nitriles is 1.